The zero-order chi connectivity index (χ0) is 28.7. The van der Waals surface area contributed by atoms with Gasteiger partial charge in [-0.1, -0.05) is 78.9 Å². The molecule has 3 atom stereocenters. The van der Waals surface area contributed by atoms with Gasteiger partial charge < -0.3 is 10.2 Å². The van der Waals surface area contributed by atoms with Gasteiger partial charge in [-0.05, 0) is 88.2 Å². The molecular formula is C40H26N2S2. The molecule has 1 N–H and O–H groups in total. The minimum atomic E-state index is -0.195. The topological polar surface area (TPSA) is 15.3 Å². The van der Waals surface area contributed by atoms with Gasteiger partial charge >= 0.3 is 0 Å². The van der Waals surface area contributed by atoms with Gasteiger partial charge in [-0.25, -0.2) is 0 Å². The Morgan fingerprint density at radius 1 is 0.750 bits per heavy atom. The van der Waals surface area contributed by atoms with Gasteiger partial charge in [-0.2, -0.15) is 0 Å². The van der Waals surface area contributed by atoms with E-state index in [2.05, 4.69) is 139 Å². The Morgan fingerprint density at radius 2 is 1.52 bits per heavy atom. The van der Waals surface area contributed by atoms with E-state index in [-0.39, 0.29) is 17.5 Å². The number of rotatable bonds is 1. The zero-order valence-electron chi connectivity index (χ0n) is 24.0. The minimum Gasteiger partial charge on any atom is -0.361 e. The third-order valence-electron chi connectivity index (χ3n) is 10.5. The van der Waals surface area contributed by atoms with Crippen molar-refractivity contribution < 1.29 is 0 Å². The lowest BCUT2D eigenvalue weighted by molar-refractivity contribution is 0.511. The summed E-state index contributed by atoms with van der Waals surface area (Å²) in [6.07, 6.45) is 13.8. The van der Waals surface area contributed by atoms with Crippen LogP contribution in [0.3, 0.4) is 0 Å². The Morgan fingerprint density at radius 3 is 2.43 bits per heavy atom. The molecule has 11 rings (SSSR count). The zero-order valence-corrected chi connectivity index (χ0v) is 25.6. The molecule has 6 aromatic rings. The second-order valence-corrected chi connectivity index (χ2v) is 14.9. The van der Waals surface area contributed by atoms with Crippen LogP contribution in [0.25, 0.3) is 47.5 Å². The number of benzene rings is 4. The van der Waals surface area contributed by atoms with Crippen LogP contribution >= 0.6 is 22.7 Å². The molecule has 4 heteroatoms. The van der Waals surface area contributed by atoms with E-state index in [1.54, 1.807) is 0 Å². The number of allylic oxidation sites excluding steroid dienone is 3. The number of thiophene rings is 2. The van der Waals surface area contributed by atoms with Crippen molar-refractivity contribution in [2.45, 2.75) is 24.4 Å². The highest BCUT2D eigenvalue weighted by molar-refractivity contribution is 7.25. The molecule has 0 fully saturated rings. The molecule has 2 aliphatic carbocycles. The molecule has 2 nitrogen and oxygen atoms in total. The molecular weight excluding hydrogens is 573 g/mol. The van der Waals surface area contributed by atoms with Gasteiger partial charge in [0.25, 0.3) is 0 Å². The number of dihydropyridines is 1. The highest BCUT2D eigenvalue weighted by Gasteiger charge is 2.60. The Labute approximate surface area is 263 Å². The van der Waals surface area contributed by atoms with Gasteiger partial charge in [0.1, 0.15) is 5.82 Å². The Hall–Kier alpha value is -4.64. The summed E-state index contributed by atoms with van der Waals surface area (Å²) in [5.41, 5.74) is 10.7. The second kappa shape index (κ2) is 8.09. The number of nitrogens with one attached hydrogen (secondary N) is 1. The van der Waals surface area contributed by atoms with Crippen molar-refractivity contribution in [1.82, 2.24) is 5.32 Å². The summed E-state index contributed by atoms with van der Waals surface area (Å²) in [6, 6.07) is 32.2. The van der Waals surface area contributed by atoms with Crippen molar-refractivity contribution in [2.75, 3.05) is 4.90 Å². The molecule has 3 unspecified atom stereocenters. The van der Waals surface area contributed by atoms with E-state index in [0.29, 0.717) is 0 Å². The molecule has 0 amide bonds. The maximum atomic E-state index is 3.97. The summed E-state index contributed by atoms with van der Waals surface area (Å²) < 4.78 is 4.08. The van der Waals surface area contributed by atoms with E-state index in [9.17, 15) is 0 Å². The fraction of sp³-hybridized carbons (Fsp3) is 0.100. The summed E-state index contributed by atoms with van der Waals surface area (Å²) in [7, 11) is 0. The molecule has 0 saturated carbocycles. The third-order valence-corrected chi connectivity index (χ3v) is 12.9. The van der Waals surface area contributed by atoms with Crippen LogP contribution in [0.5, 0.6) is 0 Å². The number of hydrogen-bond donors (Lipinski definition) is 1. The van der Waals surface area contributed by atoms with Crippen LogP contribution in [0.15, 0.2) is 138 Å². The van der Waals surface area contributed by atoms with E-state index in [4.69, 9.17) is 0 Å². The highest BCUT2D eigenvalue weighted by atomic mass is 32.1. The van der Waals surface area contributed by atoms with Crippen LogP contribution in [0.4, 0.5) is 5.69 Å². The van der Waals surface area contributed by atoms with Crippen molar-refractivity contribution >= 4 is 64.7 Å². The fourth-order valence-electron chi connectivity index (χ4n) is 8.55. The summed E-state index contributed by atoms with van der Waals surface area (Å²) >= 11 is 3.88. The van der Waals surface area contributed by atoms with Gasteiger partial charge in [0.2, 0.25) is 0 Å². The number of fused-ring (bicyclic) bond motifs is 13. The molecule has 2 aromatic heterocycles. The maximum absolute atomic E-state index is 3.97. The molecule has 208 valence electrons. The first-order valence-corrected chi connectivity index (χ1v) is 17.0. The molecule has 5 aliphatic rings. The molecule has 4 aromatic carbocycles. The molecule has 3 aliphatic heterocycles. The van der Waals surface area contributed by atoms with E-state index >= 15 is 0 Å². The van der Waals surface area contributed by atoms with Gasteiger partial charge in [-0.3, -0.25) is 0 Å². The average Bonchev–Trinajstić information content (AvgIpc) is 3.75. The van der Waals surface area contributed by atoms with E-state index in [1.165, 1.54) is 85.6 Å². The summed E-state index contributed by atoms with van der Waals surface area (Å²) in [4.78, 5) is 4.13. The predicted molar refractivity (Wildman–Crippen MR) is 188 cm³/mol. The highest BCUT2D eigenvalue weighted by Crippen LogP contribution is 2.65. The van der Waals surface area contributed by atoms with Gasteiger partial charge in [0.15, 0.2) is 0 Å². The minimum absolute atomic E-state index is 0.195. The summed E-state index contributed by atoms with van der Waals surface area (Å²) in [6.45, 7) is 2.48. The predicted octanol–water partition coefficient (Wildman–Crippen LogP) is 10.3. The Bertz CT molecular complexity index is 2460. The van der Waals surface area contributed by atoms with Crippen molar-refractivity contribution in [1.29, 1.82) is 0 Å². The van der Waals surface area contributed by atoms with Crippen LogP contribution in [-0.2, 0) is 0 Å². The normalized spacial score (nSPS) is 23.8. The molecule has 0 bridgehead atoms. The molecule has 0 spiro atoms. The van der Waals surface area contributed by atoms with Gasteiger partial charge in [0.05, 0.1) is 11.6 Å². The number of hydrogen-bond acceptors (Lipinski definition) is 4. The standard InChI is InChI=1S/C40H26N2S2/c1-40-31-21-28-26-10-4-7-13-35(26)44-38(28)37(40)30-18-22(23-14-16-27-25-9-3-6-12-34(25)43-36(27)20-23)15-17-33(30)42(40)39-29(31)19-24-8-2-5-11-32(24)41-39/h2-21,32,37,41H,1H3. The lowest BCUT2D eigenvalue weighted by atomic mass is 9.71. The second-order valence-electron chi connectivity index (χ2n) is 12.7. The lowest BCUT2D eigenvalue weighted by Gasteiger charge is -2.40. The van der Waals surface area contributed by atoms with E-state index in [0.717, 1.165) is 0 Å². The quantitative estimate of drug-likeness (QED) is 0.203. The van der Waals surface area contributed by atoms with Gasteiger partial charge in [0, 0.05) is 46.9 Å². The fourth-order valence-corrected chi connectivity index (χ4v) is 11.1. The molecule has 5 heterocycles. The van der Waals surface area contributed by atoms with E-state index in [1.807, 2.05) is 22.7 Å². The largest absolute Gasteiger partial charge is 0.361 e. The maximum Gasteiger partial charge on any atom is 0.115 e. The van der Waals surface area contributed by atoms with Crippen LogP contribution in [0, 0.1) is 0 Å². The third kappa shape index (κ3) is 2.82. The smallest absolute Gasteiger partial charge is 0.115 e. The average molecular weight is 599 g/mol. The molecule has 0 saturated heterocycles. The van der Waals surface area contributed by atoms with Crippen LogP contribution < -0.4 is 10.2 Å². The SMILES string of the molecule is CC12C3=Cc4c(sc5ccccc45)C1c1cc(-c4ccc5c(c4)sc4ccccc45)ccc1N2C1=C3C=C2C=CC=CC2N1. The first kappa shape index (κ1) is 23.8. The van der Waals surface area contributed by atoms with Crippen LogP contribution in [0.2, 0.25) is 0 Å². The molecule has 0 radical (unpaired) electrons. The number of anilines is 1. The van der Waals surface area contributed by atoms with Crippen molar-refractivity contribution in [3.8, 4) is 11.1 Å². The van der Waals surface area contributed by atoms with Crippen molar-refractivity contribution in [3.63, 3.8) is 0 Å². The monoisotopic (exact) mass is 598 g/mol. The van der Waals surface area contributed by atoms with Crippen LogP contribution in [-0.4, -0.2) is 11.6 Å². The van der Waals surface area contributed by atoms with Crippen molar-refractivity contribution in [2.24, 2.45) is 0 Å². The molecule has 44 heavy (non-hydrogen) atoms. The lowest BCUT2D eigenvalue weighted by Crippen LogP contribution is -2.47. The number of nitrogens with zero attached hydrogens (tertiary/aromatic N) is 1. The Balaban J connectivity index is 1.16. The van der Waals surface area contributed by atoms with Gasteiger partial charge in [-0.15, -0.1) is 22.7 Å². The van der Waals surface area contributed by atoms with Crippen LogP contribution in [0.1, 0.15) is 28.8 Å². The summed E-state index contributed by atoms with van der Waals surface area (Å²) in [5.74, 6) is 1.49. The first-order chi connectivity index (χ1) is 21.7. The summed E-state index contributed by atoms with van der Waals surface area (Å²) in [5, 5.41) is 8.04. The Kier molecular flexibility index (Phi) is 4.37. The van der Waals surface area contributed by atoms with Crippen molar-refractivity contribution in [3.05, 3.63) is 154 Å². The van der Waals surface area contributed by atoms with E-state index < -0.39 is 0 Å². The first-order valence-electron chi connectivity index (χ1n) is 15.3.